The van der Waals surface area contributed by atoms with Crippen molar-refractivity contribution >= 4 is 5.91 Å². The number of likely N-dealkylation sites (tertiary alicyclic amines) is 1. The lowest BCUT2D eigenvalue weighted by Crippen LogP contribution is -2.35. The Morgan fingerprint density at radius 2 is 2.20 bits per heavy atom. The van der Waals surface area contributed by atoms with Gasteiger partial charge in [-0.25, -0.2) is 4.98 Å². The number of nitrogens with one attached hydrogen (secondary N) is 1. The van der Waals surface area contributed by atoms with Gasteiger partial charge in [-0.2, -0.15) is 4.39 Å². The highest BCUT2D eigenvalue weighted by molar-refractivity contribution is 5.93. The number of piperidine rings is 1. The Labute approximate surface area is 119 Å². The number of amides is 1. The fraction of sp³-hybridized carbons (Fsp3) is 0.600. The average Bonchev–Trinajstić information content (AvgIpc) is 2.46. The van der Waals surface area contributed by atoms with E-state index in [0.717, 1.165) is 32.0 Å². The highest BCUT2D eigenvalue weighted by Gasteiger charge is 2.14. The summed E-state index contributed by atoms with van der Waals surface area (Å²) in [6.07, 6.45) is 4.74. The normalized spacial score (nSPS) is 17.1. The highest BCUT2D eigenvalue weighted by atomic mass is 19.1. The van der Waals surface area contributed by atoms with Crippen LogP contribution in [0.1, 0.15) is 36.5 Å². The smallest absolute Gasteiger partial charge is 0.252 e. The van der Waals surface area contributed by atoms with E-state index in [9.17, 15) is 9.18 Å². The molecule has 1 aliphatic heterocycles. The van der Waals surface area contributed by atoms with E-state index in [2.05, 4.69) is 22.1 Å². The number of rotatable bonds is 5. The first-order valence-corrected chi connectivity index (χ1v) is 7.27. The van der Waals surface area contributed by atoms with E-state index in [4.69, 9.17) is 0 Å². The van der Waals surface area contributed by atoms with Crippen molar-refractivity contribution in [3.05, 3.63) is 29.8 Å². The lowest BCUT2D eigenvalue weighted by molar-refractivity contribution is 0.0950. The Bertz CT molecular complexity index is 427. The van der Waals surface area contributed by atoms with E-state index in [0.29, 0.717) is 12.1 Å². The van der Waals surface area contributed by atoms with Gasteiger partial charge in [-0.3, -0.25) is 4.79 Å². The molecule has 0 aromatic carbocycles. The molecule has 1 amide bonds. The fourth-order valence-electron chi connectivity index (χ4n) is 2.40. The third-order valence-corrected chi connectivity index (χ3v) is 3.80. The molecule has 1 aromatic heterocycles. The van der Waals surface area contributed by atoms with Crippen molar-refractivity contribution in [3.8, 4) is 0 Å². The van der Waals surface area contributed by atoms with E-state index in [1.165, 1.54) is 31.2 Å². The zero-order chi connectivity index (χ0) is 14.4. The highest BCUT2D eigenvalue weighted by Crippen LogP contribution is 2.15. The maximum absolute atomic E-state index is 12.6. The molecule has 4 nitrogen and oxygen atoms in total. The minimum Gasteiger partial charge on any atom is -0.352 e. The van der Waals surface area contributed by atoms with Crippen LogP contribution in [0, 0.1) is 11.9 Å². The third kappa shape index (κ3) is 4.56. The Hall–Kier alpha value is -1.49. The molecule has 1 N–H and O–H groups in total. The van der Waals surface area contributed by atoms with E-state index >= 15 is 0 Å². The molecule has 1 fully saturated rings. The molecule has 2 heterocycles. The molecule has 20 heavy (non-hydrogen) atoms. The summed E-state index contributed by atoms with van der Waals surface area (Å²) in [7, 11) is 0. The summed E-state index contributed by atoms with van der Waals surface area (Å²) < 4.78 is 12.6. The Morgan fingerprint density at radius 1 is 1.45 bits per heavy atom. The number of carbonyl (C=O) groups excluding carboxylic acids is 1. The van der Waals surface area contributed by atoms with Gasteiger partial charge in [0.1, 0.15) is 0 Å². The molecular formula is C15H22FN3O. The van der Waals surface area contributed by atoms with Gasteiger partial charge in [0.25, 0.3) is 5.91 Å². The lowest BCUT2D eigenvalue weighted by Gasteiger charge is -2.30. The number of hydrogen-bond donors (Lipinski definition) is 1. The number of aromatic nitrogens is 1. The standard InChI is InChI=1S/C15H22FN3O/c1-12-5-9-19(10-6-12)8-2-7-17-15(20)13-3-4-14(16)18-11-13/h3-4,11-12H,2,5-10H2,1H3,(H,17,20). The largest absolute Gasteiger partial charge is 0.352 e. The second kappa shape index (κ2) is 7.33. The van der Waals surface area contributed by atoms with E-state index in [-0.39, 0.29) is 5.91 Å². The summed E-state index contributed by atoms with van der Waals surface area (Å²) in [5.41, 5.74) is 0.401. The first-order chi connectivity index (χ1) is 9.65. The number of pyridine rings is 1. The second-order valence-electron chi connectivity index (χ2n) is 5.50. The van der Waals surface area contributed by atoms with E-state index in [1.807, 2.05) is 0 Å². The van der Waals surface area contributed by atoms with Crippen LogP contribution in [0.3, 0.4) is 0 Å². The van der Waals surface area contributed by atoms with Gasteiger partial charge in [0.2, 0.25) is 5.95 Å². The number of halogens is 1. The van der Waals surface area contributed by atoms with Crippen molar-refractivity contribution in [2.45, 2.75) is 26.2 Å². The molecule has 5 heteroatoms. The average molecular weight is 279 g/mol. The lowest BCUT2D eigenvalue weighted by atomic mass is 9.99. The van der Waals surface area contributed by atoms with Crippen LogP contribution in [-0.2, 0) is 0 Å². The minimum atomic E-state index is -0.569. The van der Waals surface area contributed by atoms with Gasteiger partial charge in [0.05, 0.1) is 5.56 Å². The second-order valence-corrected chi connectivity index (χ2v) is 5.50. The maximum atomic E-state index is 12.6. The first kappa shape index (κ1) is 14.9. The van der Waals surface area contributed by atoms with Crippen LogP contribution in [0.25, 0.3) is 0 Å². The van der Waals surface area contributed by atoms with Gasteiger partial charge in [-0.1, -0.05) is 6.92 Å². The number of nitrogens with zero attached hydrogens (tertiary/aromatic N) is 2. The zero-order valence-electron chi connectivity index (χ0n) is 11.9. The number of carbonyl (C=O) groups is 1. The van der Waals surface area contributed by atoms with Crippen LogP contribution in [0.2, 0.25) is 0 Å². The summed E-state index contributed by atoms with van der Waals surface area (Å²) in [6, 6.07) is 2.65. The molecule has 2 rings (SSSR count). The van der Waals surface area contributed by atoms with Gasteiger partial charge >= 0.3 is 0 Å². The summed E-state index contributed by atoms with van der Waals surface area (Å²) in [5, 5.41) is 2.84. The van der Waals surface area contributed by atoms with Crippen LogP contribution in [-0.4, -0.2) is 42.0 Å². The van der Waals surface area contributed by atoms with Gasteiger partial charge in [-0.15, -0.1) is 0 Å². The van der Waals surface area contributed by atoms with Crippen LogP contribution in [0.4, 0.5) is 4.39 Å². The SMILES string of the molecule is CC1CCN(CCCNC(=O)c2ccc(F)nc2)CC1. The fourth-order valence-corrected chi connectivity index (χ4v) is 2.40. The third-order valence-electron chi connectivity index (χ3n) is 3.80. The van der Waals surface area contributed by atoms with Gasteiger partial charge in [0.15, 0.2) is 0 Å². The molecule has 1 aliphatic rings. The summed E-state index contributed by atoms with van der Waals surface area (Å²) >= 11 is 0. The summed E-state index contributed by atoms with van der Waals surface area (Å²) in [4.78, 5) is 17.7. The van der Waals surface area contributed by atoms with Crippen molar-refractivity contribution in [1.82, 2.24) is 15.2 Å². The summed E-state index contributed by atoms with van der Waals surface area (Å²) in [5.74, 6) is 0.0857. The molecule has 1 aromatic rings. The molecule has 0 bridgehead atoms. The Balaban J connectivity index is 1.63. The van der Waals surface area contributed by atoms with E-state index in [1.54, 1.807) is 0 Å². The predicted octanol–water partition coefficient (Wildman–Crippen LogP) is 2.07. The molecule has 110 valence electrons. The van der Waals surface area contributed by atoms with Crippen molar-refractivity contribution in [1.29, 1.82) is 0 Å². The van der Waals surface area contributed by atoms with Crippen molar-refractivity contribution in [2.75, 3.05) is 26.2 Å². The maximum Gasteiger partial charge on any atom is 0.252 e. The Kier molecular flexibility index (Phi) is 5.47. The van der Waals surface area contributed by atoms with Gasteiger partial charge in [-0.05, 0) is 56.9 Å². The first-order valence-electron chi connectivity index (χ1n) is 7.27. The minimum absolute atomic E-state index is 0.190. The molecule has 0 radical (unpaired) electrons. The molecule has 0 atom stereocenters. The topological polar surface area (TPSA) is 45.2 Å². The monoisotopic (exact) mass is 279 g/mol. The quantitative estimate of drug-likeness (QED) is 0.663. The van der Waals surface area contributed by atoms with Crippen LogP contribution < -0.4 is 5.32 Å². The van der Waals surface area contributed by atoms with Gasteiger partial charge < -0.3 is 10.2 Å². The van der Waals surface area contributed by atoms with Crippen molar-refractivity contribution < 1.29 is 9.18 Å². The molecule has 0 saturated carbocycles. The van der Waals surface area contributed by atoms with Crippen LogP contribution >= 0.6 is 0 Å². The van der Waals surface area contributed by atoms with E-state index < -0.39 is 5.95 Å². The molecule has 0 aliphatic carbocycles. The molecule has 0 unspecified atom stereocenters. The van der Waals surface area contributed by atoms with Crippen LogP contribution in [0.15, 0.2) is 18.3 Å². The zero-order valence-corrected chi connectivity index (χ0v) is 11.9. The Morgan fingerprint density at radius 3 is 2.85 bits per heavy atom. The number of hydrogen-bond acceptors (Lipinski definition) is 3. The predicted molar refractivity (Wildman–Crippen MR) is 76.0 cm³/mol. The molecular weight excluding hydrogens is 257 g/mol. The summed E-state index contributed by atoms with van der Waals surface area (Å²) in [6.45, 7) is 6.29. The van der Waals surface area contributed by atoms with Crippen molar-refractivity contribution in [2.24, 2.45) is 5.92 Å². The van der Waals surface area contributed by atoms with Crippen molar-refractivity contribution in [3.63, 3.8) is 0 Å². The molecule has 0 spiro atoms. The van der Waals surface area contributed by atoms with Gasteiger partial charge in [0, 0.05) is 12.7 Å². The van der Waals surface area contributed by atoms with Crippen LogP contribution in [0.5, 0.6) is 0 Å². The molecule has 1 saturated heterocycles.